The van der Waals surface area contributed by atoms with Crippen molar-refractivity contribution < 1.29 is 28.6 Å². The third-order valence-electron chi connectivity index (χ3n) is 4.11. The van der Waals surface area contributed by atoms with Gasteiger partial charge in [0.25, 0.3) is 5.91 Å². The fourth-order valence-electron chi connectivity index (χ4n) is 2.60. The highest BCUT2D eigenvalue weighted by atomic mass is 16.5. The van der Waals surface area contributed by atoms with Gasteiger partial charge in [0, 0.05) is 12.0 Å². The number of rotatable bonds is 8. The third-order valence-corrected chi connectivity index (χ3v) is 4.11. The van der Waals surface area contributed by atoms with E-state index in [1.807, 2.05) is 31.2 Å². The van der Waals surface area contributed by atoms with Crippen molar-refractivity contribution >= 4 is 23.3 Å². The van der Waals surface area contributed by atoms with Crippen LogP contribution in [0, 0.1) is 6.92 Å². The van der Waals surface area contributed by atoms with Gasteiger partial charge in [-0.1, -0.05) is 17.7 Å². The van der Waals surface area contributed by atoms with E-state index in [9.17, 15) is 14.4 Å². The van der Waals surface area contributed by atoms with Gasteiger partial charge in [0.15, 0.2) is 19.0 Å². The smallest absolute Gasteiger partial charge is 0.306 e. The molecule has 1 aliphatic rings. The lowest BCUT2D eigenvalue weighted by molar-refractivity contribution is -0.142. The number of Topliss-reactive ketones (excluding diaryl/α,β-unsaturated/α-hetero) is 1. The van der Waals surface area contributed by atoms with Gasteiger partial charge in [-0.25, -0.2) is 0 Å². The molecule has 1 N–H and O–H groups in total. The lowest BCUT2D eigenvalue weighted by Gasteiger charge is -2.18. The molecule has 0 spiro atoms. The number of nitrogens with one attached hydrogen (secondary N) is 1. The second-order valence-electron chi connectivity index (χ2n) is 6.40. The molecule has 2 aromatic rings. The first-order valence-corrected chi connectivity index (χ1v) is 8.96. The minimum absolute atomic E-state index is 0.0501. The van der Waals surface area contributed by atoms with E-state index in [1.165, 1.54) is 6.07 Å². The number of ether oxygens (including phenoxy) is 3. The number of hydrogen-bond acceptors (Lipinski definition) is 6. The maximum Gasteiger partial charge on any atom is 0.306 e. The third kappa shape index (κ3) is 5.33. The molecule has 0 fully saturated rings. The fourth-order valence-corrected chi connectivity index (χ4v) is 2.60. The standard InChI is InChI=1S/C21H21NO6/c1-14-4-7-16(8-5-14)26-10-2-3-21(25)28-12-18(23)15-6-9-19-17(11-15)22-20(24)13-27-19/h4-9,11H,2-3,10,12-13H2,1H3,(H,22,24). The van der Waals surface area contributed by atoms with E-state index in [4.69, 9.17) is 14.2 Å². The van der Waals surface area contributed by atoms with Crippen molar-refractivity contribution in [1.29, 1.82) is 0 Å². The highest BCUT2D eigenvalue weighted by molar-refractivity contribution is 6.01. The van der Waals surface area contributed by atoms with Gasteiger partial charge in [0.05, 0.1) is 12.3 Å². The van der Waals surface area contributed by atoms with Crippen molar-refractivity contribution in [2.45, 2.75) is 19.8 Å². The lowest BCUT2D eigenvalue weighted by atomic mass is 10.1. The summed E-state index contributed by atoms with van der Waals surface area (Å²) in [5, 5.41) is 2.63. The molecule has 1 heterocycles. The SMILES string of the molecule is Cc1ccc(OCCCC(=O)OCC(=O)c2ccc3c(c2)NC(=O)CO3)cc1. The van der Waals surface area contributed by atoms with E-state index < -0.39 is 5.97 Å². The van der Waals surface area contributed by atoms with Crippen LogP contribution >= 0.6 is 0 Å². The average Bonchev–Trinajstić information content (AvgIpc) is 2.70. The molecule has 2 aromatic carbocycles. The van der Waals surface area contributed by atoms with Gasteiger partial charge in [0.1, 0.15) is 11.5 Å². The molecule has 0 radical (unpaired) electrons. The first-order valence-electron chi connectivity index (χ1n) is 8.96. The summed E-state index contributed by atoms with van der Waals surface area (Å²) in [6, 6.07) is 12.3. The van der Waals surface area contributed by atoms with Crippen LogP contribution in [-0.2, 0) is 14.3 Å². The molecule has 0 saturated heterocycles. The van der Waals surface area contributed by atoms with Gasteiger partial charge in [0.2, 0.25) is 0 Å². The summed E-state index contributed by atoms with van der Waals surface area (Å²) in [5.74, 6) is 0.151. The van der Waals surface area contributed by atoms with E-state index in [0.717, 1.165) is 11.3 Å². The Bertz CT molecular complexity index is 875. The number of aryl methyl sites for hydroxylation is 1. The van der Waals surface area contributed by atoms with Crippen LogP contribution in [0.15, 0.2) is 42.5 Å². The molecule has 0 saturated carbocycles. The van der Waals surface area contributed by atoms with Crippen molar-refractivity contribution in [3.63, 3.8) is 0 Å². The zero-order chi connectivity index (χ0) is 19.9. The van der Waals surface area contributed by atoms with Gasteiger partial charge in [-0.3, -0.25) is 14.4 Å². The first kappa shape index (κ1) is 19.4. The van der Waals surface area contributed by atoms with Gasteiger partial charge < -0.3 is 19.5 Å². The molecule has 28 heavy (non-hydrogen) atoms. The van der Waals surface area contributed by atoms with Crippen LogP contribution in [0.3, 0.4) is 0 Å². The Labute approximate surface area is 162 Å². The molecule has 0 unspecified atom stereocenters. The Morgan fingerprint density at radius 1 is 1.14 bits per heavy atom. The van der Waals surface area contributed by atoms with Crippen LogP contribution in [0.1, 0.15) is 28.8 Å². The summed E-state index contributed by atoms with van der Waals surface area (Å²) in [6.45, 7) is 1.97. The number of ketones is 1. The second-order valence-corrected chi connectivity index (χ2v) is 6.40. The van der Waals surface area contributed by atoms with Crippen molar-refractivity contribution in [3.05, 3.63) is 53.6 Å². The molecule has 7 heteroatoms. The van der Waals surface area contributed by atoms with E-state index >= 15 is 0 Å². The van der Waals surface area contributed by atoms with Gasteiger partial charge in [-0.05, 0) is 43.7 Å². The predicted octanol–water partition coefficient (Wildman–Crippen LogP) is 2.91. The van der Waals surface area contributed by atoms with Crippen molar-refractivity contribution in [2.24, 2.45) is 0 Å². The molecular formula is C21H21NO6. The summed E-state index contributed by atoms with van der Waals surface area (Å²) >= 11 is 0. The molecule has 1 amide bonds. The van der Waals surface area contributed by atoms with Crippen molar-refractivity contribution in [1.82, 2.24) is 0 Å². The van der Waals surface area contributed by atoms with E-state index in [1.54, 1.807) is 12.1 Å². The molecular weight excluding hydrogens is 362 g/mol. The highest BCUT2D eigenvalue weighted by Gasteiger charge is 2.18. The fraction of sp³-hybridized carbons (Fsp3) is 0.286. The van der Waals surface area contributed by atoms with E-state index in [-0.39, 0.29) is 31.3 Å². The maximum absolute atomic E-state index is 12.2. The number of hydrogen-bond donors (Lipinski definition) is 1. The Kier molecular flexibility index (Phi) is 6.26. The Hall–Kier alpha value is -3.35. The zero-order valence-electron chi connectivity index (χ0n) is 15.5. The largest absolute Gasteiger partial charge is 0.494 e. The van der Waals surface area contributed by atoms with Crippen molar-refractivity contribution in [2.75, 3.05) is 25.1 Å². The zero-order valence-corrected chi connectivity index (χ0v) is 15.5. The topological polar surface area (TPSA) is 90.9 Å². The van der Waals surface area contributed by atoms with Crippen LogP contribution < -0.4 is 14.8 Å². The normalized spacial score (nSPS) is 12.4. The summed E-state index contributed by atoms with van der Waals surface area (Å²) in [7, 11) is 0. The Balaban J connectivity index is 1.39. The second kappa shape index (κ2) is 9.03. The summed E-state index contributed by atoms with van der Waals surface area (Å²) in [6.07, 6.45) is 0.649. The first-order chi connectivity index (χ1) is 13.5. The van der Waals surface area contributed by atoms with Crippen LogP contribution in [0.5, 0.6) is 11.5 Å². The number of esters is 1. The molecule has 0 aliphatic carbocycles. The van der Waals surface area contributed by atoms with E-state index in [2.05, 4.69) is 5.32 Å². The van der Waals surface area contributed by atoms with Crippen LogP contribution in [0.2, 0.25) is 0 Å². The molecule has 1 aliphatic heterocycles. The summed E-state index contributed by atoms with van der Waals surface area (Å²) in [4.78, 5) is 35.4. The van der Waals surface area contributed by atoms with Crippen LogP contribution in [-0.4, -0.2) is 37.5 Å². The number of anilines is 1. The summed E-state index contributed by atoms with van der Waals surface area (Å²) in [5.41, 5.74) is 1.91. The molecule has 0 atom stereocenters. The number of amides is 1. The molecule has 3 rings (SSSR count). The Morgan fingerprint density at radius 3 is 2.71 bits per heavy atom. The minimum Gasteiger partial charge on any atom is -0.494 e. The molecule has 7 nitrogen and oxygen atoms in total. The quantitative estimate of drug-likeness (QED) is 0.428. The number of carbonyl (C=O) groups excluding carboxylic acids is 3. The monoisotopic (exact) mass is 383 g/mol. The van der Waals surface area contributed by atoms with Crippen molar-refractivity contribution in [3.8, 4) is 11.5 Å². The molecule has 0 bridgehead atoms. The average molecular weight is 383 g/mol. The number of carbonyl (C=O) groups is 3. The minimum atomic E-state index is -0.463. The summed E-state index contributed by atoms with van der Waals surface area (Å²) < 4.78 is 15.8. The highest BCUT2D eigenvalue weighted by Crippen LogP contribution is 2.28. The van der Waals surface area contributed by atoms with Crippen LogP contribution in [0.25, 0.3) is 0 Å². The van der Waals surface area contributed by atoms with Crippen LogP contribution in [0.4, 0.5) is 5.69 Å². The van der Waals surface area contributed by atoms with Gasteiger partial charge >= 0.3 is 5.97 Å². The Morgan fingerprint density at radius 2 is 1.93 bits per heavy atom. The molecule has 146 valence electrons. The van der Waals surface area contributed by atoms with E-state index in [0.29, 0.717) is 30.0 Å². The van der Waals surface area contributed by atoms with Gasteiger partial charge in [-0.15, -0.1) is 0 Å². The molecule has 0 aromatic heterocycles. The predicted molar refractivity (Wildman–Crippen MR) is 102 cm³/mol. The lowest BCUT2D eigenvalue weighted by Crippen LogP contribution is -2.25. The number of fused-ring (bicyclic) bond motifs is 1. The van der Waals surface area contributed by atoms with Gasteiger partial charge in [-0.2, -0.15) is 0 Å². The maximum atomic E-state index is 12.2. The number of benzene rings is 2.